The molecule has 152 valence electrons. The number of carbonyl (C=O) groups is 2. The van der Waals surface area contributed by atoms with Crippen LogP contribution in [0, 0.1) is 0 Å². The van der Waals surface area contributed by atoms with Gasteiger partial charge >= 0.3 is 5.97 Å². The fourth-order valence-electron chi connectivity index (χ4n) is 3.62. The predicted octanol–water partition coefficient (Wildman–Crippen LogP) is 4.51. The minimum absolute atomic E-state index is 0.127. The van der Waals surface area contributed by atoms with Crippen LogP contribution in [-0.2, 0) is 9.53 Å². The minimum atomic E-state index is -0.719. The highest BCUT2D eigenvalue weighted by Crippen LogP contribution is 2.47. The number of fused-ring (bicyclic) bond motifs is 3. The van der Waals surface area contributed by atoms with Gasteiger partial charge < -0.3 is 9.72 Å². The molecule has 2 heterocycles. The second kappa shape index (κ2) is 7.77. The molecule has 0 atom stereocenters. The van der Waals surface area contributed by atoms with Crippen molar-refractivity contribution >= 4 is 45.9 Å². The monoisotopic (exact) mass is 428 g/mol. The Bertz CT molecular complexity index is 1350. The van der Waals surface area contributed by atoms with E-state index < -0.39 is 18.1 Å². The molecule has 1 aromatic heterocycles. The van der Waals surface area contributed by atoms with Gasteiger partial charge in [0.1, 0.15) is 0 Å². The number of nitrogens with zero attached hydrogens (tertiary/aromatic N) is 1. The van der Waals surface area contributed by atoms with E-state index in [-0.39, 0.29) is 11.5 Å². The number of aromatic amines is 1. The van der Waals surface area contributed by atoms with Gasteiger partial charge in [0.05, 0.1) is 16.9 Å². The molecule has 0 bridgehead atoms. The fraction of sp³-hybridized carbons (Fsp3) is 0.0417. The van der Waals surface area contributed by atoms with Crippen molar-refractivity contribution in [3.63, 3.8) is 0 Å². The van der Waals surface area contributed by atoms with E-state index in [1.54, 1.807) is 40.9 Å². The first-order chi connectivity index (χ1) is 15.1. The van der Waals surface area contributed by atoms with Gasteiger partial charge in [-0.15, -0.1) is 0 Å². The Morgan fingerprint density at radius 2 is 1.48 bits per heavy atom. The molecule has 0 radical (unpaired) electrons. The normalized spacial score (nSPS) is 12.2. The van der Waals surface area contributed by atoms with Crippen LogP contribution >= 0.6 is 11.8 Å². The molecule has 6 nitrogen and oxygen atoms in total. The Morgan fingerprint density at radius 3 is 2.19 bits per heavy atom. The summed E-state index contributed by atoms with van der Waals surface area (Å²) < 4.78 is 5.35. The molecule has 1 N–H and O–H groups in total. The van der Waals surface area contributed by atoms with Crippen LogP contribution in [0.1, 0.15) is 10.4 Å². The van der Waals surface area contributed by atoms with E-state index in [1.807, 2.05) is 48.5 Å². The van der Waals surface area contributed by atoms with Crippen molar-refractivity contribution in [2.45, 2.75) is 9.79 Å². The van der Waals surface area contributed by atoms with E-state index in [1.165, 1.54) is 6.07 Å². The summed E-state index contributed by atoms with van der Waals surface area (Å²) in [5.41, 5.74) is 1.74. The smallest absolute Gasteiger partial charge is 0.339 e. The molecule has 3 aromatic carbocycles. The number of nitrogens with one attached hydrogen (secondary N) is 1. The van der Waals surface area contributed by atoms with Gasteiger partial charge in [-0.2, -0.15) is 0 Å². The lowest BCUT2D eigenvalue weighted by Gasteiger charge is -2.30. The van der Waals surface area contributed by atoms with Crippen molar-refractivity contribution < 1.29 is 14.3 Å². The first-order valence-corrected chi connectivity index (χ1v) is 10.4. The van der Waals surface area contributed by atoms with Crippen LogP contribution in [0.2, 0.25) is 0 Å². The summed E-state index contributed by atoms with van der Waals surface area (Å²) in [4.78, 5) is 44.0. The largest absolute Gasteiger partial charge is 0.452 e. The molecule has 1 amide bonds. The Labute approximate surface area is 181 Å². The number of hydrogen-bond acceptors (Lipinski definition) is 5. The van der Waals surface area contributed by atoms with Gasteiger partial charge in [0, 0.05) is 26.8 Å². The molecule has 0 saturated carbocycles. The molecule has 5 rings (SSSR count). The third-order valence-corrected chi connectivity index (χ3v) is 6.11. The maximum absolute atomic E-state index is 13.2. The van der Waals surface area contributed by atoms with Crippen LogP contribution in [0.25, 0.3) is 10.9 Å². The average Bonchev–Trinajstić information content (AvgIpc) is 2.80. The van der Waals surface area contributed by atoms with E-state index in [2.05, 4.69) is 4.98 Å². The highest BCUT2D eigenvalue weighted by Gasteiger charge is 2.28. The van der Waals surface area contributed by atoms with E-state index in [9.17, 15) is 14.4 Å². The first-order valence-electron chi connectivity index (χ1n) is 9.60. The summed E-state index contributed by atoms with van der Waals surface area (Å²) >= 11 is 1.59. The van der Waals surface area contributed by atoms with Crippen molar-refractivity contribution in [3.8, 4) is 0 Å². The number of rotatable bonds is 3. The van der Waals surface area contributed by atoms with E-state index in [4.69, 9.17) is 4.74 Å². The van der Waals surface area contributed by atoms with Crippen LogP contribution in [0.4, 0.5) is 11.4 Å². The zero-order valence-electron chi connectivity index (χ0n) is 16.2. The first kappa shape index (κ1) is 19.1. The van der Waals surface area contributed by atoms with Gasteiger partial charge in [0.2, 0.25) is 5.56 Å². The number of esters is 1. The second-order valence-electron chi connectivity index (χ2n) is 6.94. The maximum Gasteiger partial charge on any atom is 0.339 e. The highest BCUT2D eigenvalue weighted by molar-refractivity contribution is 7.99. The average molecular weight is 428 g/mol. The summed E-state index contributed by atoms with van der Waals surface area (Å²) in [6.45, 7) is -0.451. The quantitative estimate of drug-likeness (QED) is 0.486. The Hall–Kier alpha value is -3.84. The number of carbonyl (C=O) groups excluding carboxylic acids is 2. The van der Waals surface area contributed by atoms with Crippen molar-refractivity contribution in [2.24, 2.45) is 0 Å². The molecule has 31 heavy (non-hydrogen) atoms. The van der Waals surface area contributed by atoms with Gasteiger partial charge in [-0.05, 0) is 30.3 Å². The van der Waals surface area contributed by atoms with Crippen molar-refractivity contribution in [1.29, 1.82) is 0 Å². The molecule has 4 aromatic rings. The number of para-hydroxylation sites is 3. The summed E-state index contributed by atoms with van der Waals surface area (Å²) in [6.07, 6.45) is 0. The van der Waals surface area contributed by atoms with Crippen LogP contribution in [0.5, 0.6) is 0 Å². The fourth-order valence-corrected chi connectivity index (χ4v) is 4.67. The van der Waals surface area contributed by atoms with Gasteiger partial charge in [0.25, 0.3) is 5.91 Å². The Balaban J connectivity index is 1.43. The minimum Gasteiger partial charge on any atom is -0.452 e. The molecule has 0 spiro atoms. The zero-order chi connectivity index (χ0) is 21.4. The molecule has 1 aliphatic heterocycles. The van der Waals surface area contributed by atoms with Gasteiger partial charge in [-0.25, -0.2) is 4.79 Å². The van der Waals surface area contributed by atoms with Crippen LogP contribution in [-0.4, -0.2) is 23.5 Å². The number of aromatic nitrogens is 1. The van der Waals surface area contributed by atoms with E-state index >= 15 is 0 Å². The number of benzene rings is 3. The van der Waals surface area contributed by atoms with E-state index in [0.29, 0.717) is 10.9 Å². The number of ether oxygens (including phenoxy) is 1. The maximum atomic E-state index is 13.2. The van der Waals surface area contributed by atoms with E-state index in [0.717, 1.165) is 21.2 Å². The molecule has 0 saturated heterocycles. The van der Waals surface area contributed by atoms with Crippen LogP contribution in [0.3, 0.4) is 0 Å². The van der Waals surface area contributed by atoms with Gasteiger partial charge in [-0.3, -0.25) is 14.5 Å². The summed E-state index contributed by atoms with van der Waals surface area (Å²) in [7, 11) is 0. The summed E-state index contributed by atoms with van der Waals surface area (Å²) in [5, 5.41) is 0.560. The highest BCUT2D eigenvalue weighted by atomic mass is 32.2. The molecular formula is C24H16N2O4S. The third-order valence-electron chi connectivity index (χ3n) is 4.98. The number of amides is 1. The van der Waals surface area contributed by atoms with Crippen LogP contribution in [0.15, 0.2) is 93.4 Å². The summed E-state index contributed by atoms with van der Waals surface area (Å²) in [5.74, 6) is -1.09. The number of anilines is 2. The molecule has 7 heteroatoms. The SMILES string of the molecule is O=C(OCC(=O)N1c2ccccc2Sc2ccccc21)c1cc(=O)[nH]c2ccccc12. The summed E-state index contributed by atoms with van der Waals surface area (Å²) in [6, 6.07) is 23.3. The van der Waals surface area contributed by atoms with Gasteiger partial charge in [0.15, 0.2) is 6.61 Å². The molecule has 0 fully saturated rings. The Morgan fingerprint density at radius 1 is 0.871 bits per heavy atom. The zero-order valence-corrected chi connectivity index (χ0v) is 17.0. The Kier molecular flexibility index (Phi) is 4.80. The third kappa shape index (κ3) is 3.49. The standard InChI is InChI=1S/C24H16N2O4S/c27-22-13-16(15-7-1-2-8-17(15)25-22)24(29)30-14-23(28)26-18-9-3-5-11-20(18)31-21-12-6-4-10-19(21)26/h1-13H,14H2,(H,25,27). The number of hydrogen-bond donors (Lipinski definition) is 1. The predicted molar refractivity (Wildman–Crippen MR) is 119 cm³/mol. The molecule has 0 unspecified atom stereocenters. The topological polar surface area (TPSA) is 79.5 Å². The molecule has 0 aliphatic carbocycles. The lowest BCUT2D eigenvalue weighted by molar-refractivity contribution is -0.121. The van der Waals surface area contributed by atoms with Gasteiger partial charge in [-0.1, -0.05) is 54.2 Å². The lowest BCUT2D eigenvalue weighted by Crippen LogP contribution is -2.32. The lowest BCUT2D eigenvalue weighted by atomic mass is 10.1. The van der Waals surface area contributed by atoms with Crippen molar-refractivity contribution in [1.82, 2.24) is 4.98 Å². The van der Waals surface area contributed by atoms with Crippen molar-refractivity contribution in [2.75, 3.05) is 11.5 Å². The van der Waals surface area contributed by atoms with Crippen LogP contribution < -0.4 is 10.5 Å². The molecular weight excluding hydrogens is 412 g/mol. The second-order valence-corrected chi connectivity index (χ2v) is 8.02. The number of H-pyrrole nitrogens is 1. The number of pyridine rings is 1. The molecule has 1 aliphatic rings. The van der Waals surface area contributed by atoms with Crippen molar-refractivity contribution in [3.05, 3.63) is 94.8 Å².